The van der Waals surface area contributed by atoms with E-state index in [1.165, 1.54) is 6.08 Å². The highest BCUT2D eigenvalue weighted by molar-refractivity contribution is 5.89. The smallest absolute Gasteiger partial charge is 0.334 e. The molecule has 0 bridgehead atoms. The van der Waals surface area contributed by atoms with Gasteiger partial charge in [0.1, 0.15) is 18.5 Å². The lowest BCUT2D eigenvalue weighted by Crippen LogP contribution is -2.11. The Morgan fingerprint density at radius 2 is 1.95 bits per heavy atom. The van der Waals surface area contributed by atoms with E-state index in [4.69, 9.17) is 14.2 Å². The predicted octanol–water partition coefficient (Wildman–Crippen LogP) is 2.78. The van der Waals surface area contributed by atoms with Crippen LogP contribution in [-0.4, -0.2) is 30.9 Å². The van der Waals surface area contributed by atoms with Crippen LogP contribution in [0.3, 0.4) is 0 Å². The number of rotatable bonds is 6. The van der Waals surface area contributed by atoms with Gasteiger partial charge in [0.2, 0.25) is 0 Å². The summed E-state index contributed by atoms with van der Waals surface area (Å²) in [6.07, 6.45) is 1.45. The topological polar surface area (TPSA) is 48.1 Å². The van der Waals surface area contributed by atoms with E-state index < -0.39 is 5.97 Å². The fourth-order valence-corrected chi connectivity index (χ4v) is 1.83. The van der Waals surface area contributed by atoms with Crippen LogP contribution in [-0.2, 0) is 19.0 Å². The molecule has 0 unspecified atom stereocenters. The van der Waals surface area contributed by atoms with Crippen molar-refractivity contribution < 1.29 is 19.0 Å². The van der Waals surface area contributed by atoms with Gasteiger partial charge in [-0.05, 0) is 20.8 Å². The van der Waals surface area contributed by atoms with Crippen molar-refractivity contribution in [1.29, 1.82) is 0 Å². The zero-order chi connectivity index (χ0) is 14.6. The van der Waals surface area contributed by atoms with Crippen LogP contribution in [0.15, 0.2) is 36.4 Å². The molecular formula is C16H20O4. The minimum Gasteiger partial charge on any atom is -0.490 e. The first-order chi connectivity index (χ1) is 9.53. The lowest BCUT2D eigenvalue weighted by Gasteiger charge is -2.10. The Bertz CT molecular complexity index is 490. The summed E-state index contributed by atoms with van der Waals surface area (Å²) in [5, 5.41) is 0. The van der Waals surface area contributed by atoms with Gasteiger partial charge in [-0.3, -0.25) is 0 Å². The van der Waals surface area contributed by atoms with Crippen molar-refractivity contribution in [1.82, 2.24) is 0 Å². The Labute approximate surface area is 119 Å². The molecule has 0 radical (unpaired) electrons. The Balaban J connectivity index is 2.06. The maximum absolute atomic E-state index is 11.6. The van der Waals surface area contributed by atoms with Crippen LogP contribution in [0.25, 0.3) is 5.76 Å². The van der Waals surface area contributed by atoms with Crippen LogP contribution in [0.4, 0.5) is 0 Å². The molecule has 0 aliphatic carbocycles. The molecule has 4 heteroatoms. The Morgan fingerprint density at radius 1 is 1.30 bits per heavy atom. The molecule has 1 heterocycles. The number of carbonyl (C=O) groups excluding carboxylic acids is 1. The van der Waals surface area contributed by atoms with Crippen molar-refractivity contribution >= 4 is 11.7 Å². The van der Waals surface area contributed by atoms with Gasteiger partial charge in [-0.25, -0.2) is 4.79 Å². The number of carbonyl (C=O) groups is 1. The van der Waals surface area contributed by atoms with Gasteiger partial charge in [-0.1, -0.05) is 30.3 Å². The van der Waals surface area contributed by atoms with E-state index in [1.807, 2.05) is 44.2 Å². The van der Waals surface area contributed by atoms with Crippen molar-refractivity contribution in [3.63, 3.8) is 0 Å². The molecule has 1 atom stereocenters. The third-order valence-corrected chi connectivity index (χ3v) is 3.15. The molecule has 1 aromatic rings. The molecular weight excluding hydrogens is 256 g/mol. The fourth-order valence-electron chi connectivity index (χ4n) is 1.83. The second-order valence-electron chi connectivity index (χ2n) is 5.15. The monoisotopic (exact) mass is 276 g/mol. The van der Waals surface area contributed by atoms with Gasteiger partial charge in [0.05, 0.1) is 18.3 Å². The fraction of sp³-hybridized carbons (Fsp3) is 0.438. The van der Waals surface area contributed by atoms with Crippen molar-refractivity contribution in [2.24, 2.45) is 0 Å². The van der Waals surface area contributed by atoms with E-state index in [9.17, 15) is 4.79 Å². The lowest BCUT2D eigenvalue weighted by atomic mass is 10.1. The van der Waals surface area contributed by atoms with Crippen LogP contribution < -0.4 is 0 Å². The minimum absolute atomic E-state index is 0.0665. The average molecular weight is 276 g/mol. The quantitative estimate of drug-likeness (QED) is 0.347. The molecule has 0 amide bonds. The number of epoxide rings is 1. The standard InChI is InChI=1S/C16H20O4/c1-4-18-15(17)10-13(12-8-6-5-7-9-12)19-11-14-16(2,3)20-14/h5-10,14H,4,11H2,1-3H3/b13-10+/t14-/m1/s1. The summed E-state index contributed by atoms with van der Waals surface area (Å²) in [6, 6.07) is 9.50. The number of hydrogen-bond acceptors (Lipinski definition) is 4. The summed E-state index contributed by atoms with van der Waals surface area (Å²) in [5.74, 6) is 0.109. The molecule has 1 aliphatic rings. The zero-order valence-corrected chi connectivity index (χ0v) is 12.1. The summed E-state index contributed by atoms with van der Waals surface area (Å²) < 4.78 is 16.1. The van der Waals surface area contributed by atoms with Gasteiger partial charge >= 0.3 is 5.97 Å². The number of ether oxygens (including phenoxy) is 3. The van der Waals surface area contributed by atoms with Gasteiger partial charge in [0.25, 0.3) is 0 Å². The molecule has 0 N–H and O–H groups in total. The maximum atomic E-state index is 11.6. The number of esters is 1. The molecule has 0 aromatic heterocycles. The summed E-state index contributed by atoms with van der Waals surface area (Å²) in [6.45, 7) is 6.56. The Hall–Kier alpha value is -1.81. The predicted molar refractivity (Wildman–Crippen MR) is 76.0 cm³/mol. The highest BCUT2D eigenvalue weighted by Crippen LogP contribution is 2.36. The molecule has 0 spiro atoms. The van der Waals surface area contributed by atoms with Crippen LogP contribution in [0.5, 0.6) is 0 Å². The lowest BCUT2D eigenvalue weighted by molar-refractivity contribution is -0.137. The first kappa shape index (κ1) is 14.6. The minimum atomic E-state index is -0.401. The molecule has 1 saturated heterocycles. The van der Waals surface area contributed by atoms with E-state index >= 15 is 0 Å². The van der Waals surface area contributed by atoms with E-state index in [0.717, 1.165) is 5.56 Å². The molecule has 0 saturated carbocycles. The van der Waals surface area contributed by atoms with E-state index in [0.29, 0.717) is 19.0 Å². The first-order valence-electron chi connectivity index (χ1n) is 6.77. The van der Waals surface area contributed by atoms with Crippen LogP contribution >= 0.6 is 0 Å². The zero-order valence-electron chi connectivity index (χ0n) is 12.1. The van der Waals surface area contributed by atoms with Gasteiger partial charge in [-0.15, -0.1) is 0 Å². The molecule has 1 fully saturated rings. The highest BCUT2D eigenvalue weighted by atomic mass is 16.6. The molecule has 2 rings (SSSR count). The van der Waals surface area contributed by atoms with E-state index in [-0.39, 0.29) is 11.7 Å². The Morgan fingerprint density at radius 3 is 2.50 bits per heavy atom. The van der Waals surface area contributed by atoms with E-state index in [1.54, 1.807) is 6.92 Å². The second kappa shape index (κ2) is 6.09. The molecule has 1 aliphatic heterocycles. The molecule has 20 heavy (non-hydrogen) atoms. The van der Waals surface area contributed by atoms with E-state index in [2.05, 4.69) is 0 Å². The SMILES string of the molecule is CCOC(=O)/C=C(/OC[C@H]1OC1(C)C)c1ccccc1. The summed E-state index contributed by atoms with van der Waals surface area (Å²) in [4.78, 5) is 11.6. The van der Waals surface area contributed by atoms with Crippen molar-refractivity contribution in [2.75, 3.05) is 13.2 Å². The largest absolute Gasteiger partial charge is 0.490 e. The van der Waals surface area contributed by atoms with Gasteiger partial charge in [-0.2, -0.15) is 0 Å². The van der Waals surface area contributed by atoms with Gasteiger partial charge in [0.15, 0.2) is 0 Å². The molecule has 1 aromatic carbocycles. The molecule has 108 valence electrons. The second-order valence-corrected chi connectivity index (χ2v) is 5.15. The van der Waals surface area contributed by atoms with Crippen LogP contribution in [0.1, 0.15) is 26.3 Å². The first-order valence-corrected chi connectivity index (χ1v) is 6.77. The van der Waals surface area contributed by atoms with Gasteiger partial charge < -0.3 is 14.2 Å². The van der Waals surface area contributed by atoms with Crippen molar-refractivity contribution in [3.8, 4) is 0 Å². The number of benzene rings is 1. The Kier molecular flexibility index (Phi) is 4.45. The summed E-state index contributed by atoms with van der Waals surface area (Å²) in [7, 11) is 0. The summed E-state index contributed by atoms with van der Waals surface area (Å²) >= 11 is 0. The van der Waals surface area contributed by atoms with Crippen molar-refractivity contribution in [2.45, 2.75) is 32.5 Å². The normalized spacial score (nSPS) is 20.4. The summed E-state index contributed by atoms with van der Waals surface area (Å²) in [5.41, 5.74) is 0.713. The number of hydrogen-bond donors (Lipinski definition) is 0. The maximum Gasteiger partial charge on any atom is 0.334 e. The van der Waals surface area contributed by atoms with Crippen molar-refractivity contribution in [3.05, 3.63) is 42.0 Å². The average Bonchev–Trinajstić information content (AvgIpc) is 3.03. The van der Waals surface area contributed by atoms with Crippen LogP contribution in [0.2, 0.25) is 0 Å². The third kappa shape index (κ3) is 3.84. The third-order valence-electron chi connectivity index (χ3n) is 3.15. The van der Waals surface area contributed by atoms with Gasteiger partial charge in [0, 0.05) is 5.56 Å². The van der Waals surface area contributed by atoms with Crippen LogP contribution in [0, 0.1) is 0 Å². The highest BCUT2D eigenvalue weighted by Gasteiger charge is 2.48. The molecule has 4 nitrogen and oxygen atoms in total.